The Kier molecular flexibility index (Phi) is 4.72. The van der Waals surface area contributed by atoms with Gasteiger partial charge < -0.3 is 5.32 Å². The van der Waals surface area contributed by atoms with Gasteiger partial charge in [-0.05, 0) is 24.6 Å². The number of anilines is 2. The number of hydrogen-bond acceptors (Lipinski definition) is 6. The third kappa shape index (κ3) is 4.17. The number of nitrogens with zero attached hydrogens (tertiary/aromatic N) is 4. The van der Waals surface area contributed by atoms with Gasteiger partial charge in [-0.15, -0.1) is 0 Å². The van der Waals surface area contributed by atoms with E-state index in [-0.39, 0.29) is 23.0 Å². The summed E-state index contributed by atoms with van der Waals surface area (Å²) >= 11 is 0. The molecule has 0 aliphatic heterocycles. The standard InChI is InChI=1S/C17H12F3N5O2/c1-10-2-3-12(25(26)27)8-13(10)22-15-9-14(17(18,19)20)23-16(24-15)11-4-6-21-7-5-11/h2-9H,1H3,(H,22,23,24). The fourth-order valence-corrected chi connectivity index (χ4v) is 2.28. The first-order valence-electron chi connectivity index (χ1n) is 7.63. The summed E-state index contributed by atoms with van der Waals surface area (Å²) in [5.41, 5.74) is -0.0812. The van der Waals surface area contributed by atoms with Gasteiger partial charge in [-0.1, -0.05) is 6.07 Å². The number of rotatable bonds is 4. The molecule has 27 heavy (non-hydrogen) atoms. The predicted octanol–water partition coefficient (Wildman–Crippen LogP) is 4.52. The van der Waals surface area contributed by atoms with Gasteiger partial charge in [0, 0.05) is 41.8 Å². The average Bonchev–Trinajstić information content (AvgIpc) is 2.63. The van der Waals surface area contributed by atoms with Crippen molar-refractivity contribution in [3.05, 3.63) is 70.2 Å². The zero-order valence-electron chi connectivity index (χ0n) is 13.9. The van der Waals surface area contributed by atoms with E-state index in [2.05, 4.69) is 20.3 Å². The second kappa shape index (κ2) is 6.98. The smallest absolute Gasteiger partial charge is 0.340 e. The first-order chi connectivity index (χ1) is 12.7. The maximum Gasteiger partial charge on any atom is 0.433 e. The molecule has 0 unspecified atom stereocenters. The number of nitro groups is 1. The average molecular weight is 375 g/mol. The lowest BCUT2D eigenvalue weighted by atomic mass is 10.2. The zero-order valence-corrected chi connectivity index (χ0v) is 13.9. The molecule has 0 aliphatic carbocycles. The van der Waals surface area contributed by atoms with Gasteiger partial charge in [0.15, 0.2) is 11.5 Å². The third-order valence-corrected chi connectivity index (χ3v) is 3.65. The summed E-state index contributed by atoms with van der Waals surface area (Å²) in [5.74, 6) is -0.273. The molecule has 0 spiro atoms. The normalized spacial score (nSPS) is 11.3. The third-order valence-electron chi connectivity index (χ3n) is 3.65. The van der Waals surface area contributed by atoms with Crippen molar-refractivity contribution in [2.75, 3.05) is 5.32 Å². The molecule has 1 aromatic carbocycles. The van der Waals surface area contributed by atoms with Crippen LogP contribution in [0.5, 0.6) is 0 Å². The van der Waals surface area contributed by atoms with Crippen molar-refractivity contribution in [2.24, 2.45) is 0 Å². The molecule has 0 saturated carbocycles. The molecule has 0 fully saturated rings. The van der Waals surface area contributed by atoms with Crippen molar-refractivity contribution in [3.63, 3.8) is 0 Å². The van der Waals surface area contributed by atoms with E-state index < -0.39 is 16.8 Å². The van der Waals surface area contributed by atoms with Crippen molar-refractivity contribution in [3.8, 4) is 11.4 Å². The largest absolute Gasteiger partial charge is 0.433 e. The van der Waals surface area contributed by atoms with Crippen LogP contribution in [-0.2, 0) is 6.18 Å². The Hall–Kier alpha value is -3.56. The molecule has 0 amide bonds. The number of nitro benzene ring substituents is 1. The number of alkyl halides is 3. The summed E-state index contributed by atoms with van der Waals surface area (Å²) in [6.45, 7) is 1.67. The van der Waals surface area contributed by atoms with Crippen LogP contribution in [0.4, 0.5) is 30.4 Å². The Labute approximate surface area is 151 Å². The molecular weight excluding hydrogens is 363 g/mol. The Morgan fingerprint density at radius 2 is 1.78 bits per heavy atom. The van der Waals surface area contributed by atoms with E-state index in [1.165, 1.54) is 42.7 Å². The molecule has 2 aromatic heterocycles. The maximum atomic E-state index is 13.2. The summed E-state index contributed by atoms with van der Waals surface area (Å²) in [5, 5.41) is 13.7. The van der Waals surface area contributed by atoms with Gasteiger partial charge in [0.25, 0.3) is 5.69 Å². The van der Waals surface area contributed by atoms with E-state index in [0.29, 0.717) is 11.1 Å². The molecule has 0 atom stereocenters. The van der Waals surface area contributed by atoms with Crippen LogP contribution in [0, 0.1) is 17.0 Å². The van der Waals surface area contributed by atoms with Crippen molar-refractivity contribution in [1.29, 1.82) is 0 Å². The highest BCUT2D eigenvalue weighted by Crippen LogP contribution is 2.32. The maximum absolute atomic E-state index is 13.2. The molecule has 2 heterocycles. The van der Waals surface area contributed by atoms with Crippen LogP contribution in [-0.4, -0.2) is 19.9 Å². The van der Waals surface area contributed by atoms with Gasteiger partial charge in [0.05, 0.1) is 4.92 Å². The first-order valence-corrected chi connectivity index (χ1v) is 7.63. The van der Waals surface area contributed by atoms with E-state index in [1.807, 2.05) is 0 Å². The number of hydrogen-bond donors (Lipinski definition) is 1. The Morgan fingerprint density at radius 1 is 1.07 bits per heavy atom. The van der Waals surface area contributed by atoms with Crippen molar-refractivity contribution in [2.45, 2.75) is 13.1 Å². The molecule has 3 aromatic rings. The summed E-state index contributed by atoms with van der Waals surface area (Å²) in [6, 6.07) is 7.76. The van der Waals surface area contributed by atoms with Gasteiger partial charge >= 0.3 is 6.18 Å². The molecule has 138 valence electrons. The van der Waals surface area contributed by atoms with Crippen LogP contribution in [0.3, 0.4) is 0 Å². The Morgan fingerprint density at radius 3 is 2.41 bits per heavy atom. The van der Waals surface area contributed by atoms with E-state index >= 15 is 0 Å². The minimum atomic E-state index is -4.68. The van der Waals surface area contributed by atoms with E-state index in [4.69, 9.17) is 0 Å². The fraction of sp³-hybridized carbons (Fsp3) is 0.118. The second-order valence-electron chi connectivity index (χ2n) is 5.58. The van der Waals surface area contributed by atoms with Crippen LogP contribution in [0.15, 0.2) is 48.8 Å². The minimum Gasteiger partial charge on any atom is -0.340 e. The zero-order chi connectivity index (χ0) is 19.6. The lowest BCUT2D eigenvalue weighted by molar-refractivity contribution is -0.384. The van der Waals surface area contributed by atoms with E-state index in [1.54, 1.807) is 6.92 Å². The first kappa shape index (κ1) is 18.2. The fourth-order valence-electron chi connectivity index (χ4n) is 2.28. The number of aromatic nitrogens is 3. The van der Waals surface area contributed by atoms with Crippen LogP contribution in [0.2, 0.25) is 0 Å². The van der Waals surface area contributed by atoms with Crippen LogP contribution in [0.1, 0.15) is 11.3 Å². The van der Waals surface area contributed by atoms with Crippen molar-refractivity contribution >= 4 is 17.2 Å². The molecule has 7 nitrogen and oxygen atoms in total. The second-order valence-corrected chi connectivity index (χ2v) is 5.58. The van der Waals surface area contributed by atoms with Gasteiger partial charge in [0.2, 0.25) is 0 Å². The number of benzene rings is 1. The Bertz CT molecular complexity index is 994. The van der Waals surface area contributed by atoms with Gasteiger partial charge in [0.1, 0.15) is 5.82 Å². The highest BCUT2D eigenvalue weighted by Gasteiger charge is 2.34. The molecule has 0 saturated heterocycles. The highest BCUT2D eigenvalue weighted by atomic mass is 19.4. The predicted molar refractivity (Wildman–Crippen MR) is 91.4 cm³/mol. The highest BCUT2D eigenvalue weighted by molar-refractivity contribution is 5.66. The molecule has 1 N–H and O–H groups in total. The summed E-state index contributed by atoms with van der Waals surface area (Å²) in [6.07, 6.45) is -1.85. The Balaban J connectivity index is 2.08. The lowest BCUT2D eigenvalue weighted by Crippen LogP contribution is -2.11. The van der Waals surface area contributed by atoms with Crippen LogP contribution < -0.4 is 5.32 Å². The number of halogens is 3. The monoisotopic (exact) mass is 375 g/mol. The SMILES string of the molecule is Cc1ccc([N+](=O)[O-])cc1Nc1cc(C(F)(F)F)nc(-c2ccncc2)n1. The van der Waals surface area contributed by atoms with Gasteiger partial charge in [-0.25, -0.2) is 9.97 Å². The van der Waals surface area contributed by atoms with Crippen molar-refractivity contribution < 1.29 is 18.1 Å². The van der Waals surface area contributed by atoms with Crippen molar-refractivity contribution in [1.82, 2.24) is 15.0 Å². The van der Waals surface area contributed by atoms with Gasteiger partial charge in [-0.2, -0.15) is 13.2 Å². The summed E-state index contributed by atoms with van der Waals surface area (Å²) in [4.78, 5) is 21.8. The minimum absolute atomic E-state index is 0.132. The van der Waals surface area contributed by atoms with Crippen LogP contribution in [0.25, 0.3) is 11.4 Å². The molecule has 10 heteroatoms. The molecule has 0 aliphatic rings. The van der Waals surface area contributed by atoms with Gasteiger partial charge in [-0.3, -0.25) is 15.1 Å². The number of aryl methyl sites for hydroxylation is 1. The molecule has 0 radical (unpaired) electrons. The van der Waals surface area contributed by atoms with E-state index in [0.717, 1.165) is 6.07 Å². The quantitative estimate of drug-likeness (QED) is 0.532. The topological polar surface area (TPSA) is 93.8 Å². The molecular formula is C17H12F3N5O2. The lowest BCUT2D eigenvalue weighted by Gasteiger charge is -2.13. The molecule has 3 rings (SSSR count). The summed E-state index contributed by atoms with van der Waals surface area (Å²) in [7, 11) is 0. The molecule has 0 bridgehead atoms. The summed E-state index contributed by atoms with van der Waals surface area (Å²) < 4.78 is 39.7. The number of non-ortho nitro benzene ring substituents is 1. The number of pyridine rings is 1. The van der Waals surface area contributed by atoms with Crippen LogP contribution >= 0.6 is 0 Å². The number of nitrogens with one attached hydrogen (secondary N) is 1. The van der Waals surface area contributed by atoms with E-state index in [9.17, 15) is 23.3 Å².